The van der Waals surface area contributed by atoms with Crippen LogP contribution in [0.5, 0.6) is 0 Å². The lowest BCUT2D eigenvalue weighted by Crippen LogP contribution is -2.33. The largest absolute Gasteiger partial charge is 0.511 e. The number of nitro groups is 1. The number of benzene rings is 1. The summed E-state index contributed by atoms with van der Waals surface area (Å²) in [6.07, 6.45) is 0.297. The molecule has 20 heavy (non-hydrogen) atoms. The summed E-state index contributed by atoms with van der Waals surface area (Å²) in [5.74, 6) is -0.366. The van der Waals surface area contributed by atoms with Gasteiger partial charge in [-0.05, 0) is 19.1 Å². The molecule has 1 atom stereocenters. The first-order valence-electron chi connectivity index (χ1n) is 6.25. The maximum atomic E-state index is 11.7. The Morgan fingerprint density at radius 2 is 2.00 bits per heavy atom. The van der Waals surface area contributed by atoms with Crippen LogP contribution in [0.15, 0.2) is 40.6 Å². The number of aliphatic imine (C=N–C) groups is 1. The Kier molecular flexibility index (Phi) is 3.65. The Bertz CT molecular complexity index is 629. The highest BCUT2D eigenvalue weighted by atomic mass is 16.6. The van der Waals surface area contributed by atoms with Crippen molar-refractivity contribution in [2.75, 3.05) is 0 Å². The van der Waals surface area contributed by atoms with Gasteiger partial charge in [-0.2, -0.15) is 0 Å². The fourth-order valence-corrected chi connectivity index (χ4v) is 2.02. The zero-order valence-corrected chi connectivity index (χ0v) is 11.2. The second-order valence-electron chi connectivity index (χ2n) is 4.53. The Balaban J connectivity index is 2.32. The van der Waals surface area contributed by atoms with Crippen LogP contribution in [0.25, 0.3) is 0 Å². The summed E-state index contributed by atoms with van der Waals surface area (Å²) in [7, 11) is 0. The van der Waals surface area contributed by atoms with Gasteiger partial charge in [-0.25, -0.2) is 0 Å². The lowest BCUT2D eigenvalue weighted by atomic mass is 9.80. The minimum Gasteiger partial charge on any atom is -0.511 e. The molecule has 1 aromatic rings. The van der Waals surface area contributed by atoms with E-state index in [-0.39, 0.29) is 28.7 Å². The minimum atomic E-state index is -0.485. The summed E-state index contributed by atoms with van der Waals surface area (Å²) in [6, 6.07) is 5.74. The molecule has 0 saturated carbocycles. The van der Waals surface area contributed by atoms with Gasteiger partial charge in [0.25, 0.3) is 5.69 Å². The number of rotatable bonds is 4. The number of carbonyl (C=O) groups is 1. The average molecular weight is 274 g/mol. The number of nitro benzene ring substituents is 1. The van der Waals surface area contributed by atoms with Crippen LogP contribution in [0.2, 0.25) is 0 Å². The Morgan fingerprint density at radius 3 is 2.50 bits per heavy atom. The van der Waals surface area contributed by atoms with Crippen molar-refractivity contribution in [3.8, 4) is 0 Å². The number of allylic oxidation sites excluding steroid dienone is 2. The topological polar surface area (TPSA) is 92.8 Å². The second kappa shape index (κ2) is 5.24. The lowest BCUT2D eigenvalue weighted by Gasteiger charge is -2.27. The van der Waals surface area contributed by atoms with E-state index in [4.69, 9.17) is 0 Å². The molecule has 6 nitrogen and oxygen atoms in total. The summed E-state index contributed by atoms with van der Waals surface area (Å²) >= 11 is 0. The molecule has 1 unspecified atom stereocenters. The zero-order valence-electron chi connectivity index (χ0n) is 11.2. The van der Waals surface area contributed by atoms with Crippen LogP contribution >= 0.6 is 0 Å². The van der Waals surface area contributed by atoms with E-state index in [0.29, 0.717) is 17.8 Å². The van der Waals surface area contributed by atoms with Gasteiger partial charge < -0.3 is 5.11 Å². The molecule has 1 N–H and O–H groups in total. The number of carbonyl (C=O) groups excluding carboxylic acids is 1. The number of aliphatic hydroxyl groups excluding tert-OH is 1. The first kappa shape index (κ1) is 13.9. The van der Waals surface area contributed by atoms with E-state index in [2.05, 4.69) is 4.99 Å². The van der Waals surface area contributed by atoms with Gasteiger partial charge in [0.05, 0.1) is 27.8 Å². The van der Waals surface area contributed by atoms with Crippen LogP contribution in [-0.2, 0) is 4.79 Å². The van der Waals surface area contributed by atoms with E-state index in [1.165, 1.54) is 24.3 Å². The van der Waals surface area contributed by atoms with Crippen molar-refractivity contribution in [3.05, 3.63) is 45.7 Å². The SMILES string of the molecule is CCC(=O)C1=C(O)C(C)C1=Nc1ccc([N+](=O)[O-])cc1. The average Bonchev–Trinajstić information content (AvgIpc) is 2.46. The number of nitrogens with zero attached hydrogens (tertiary/aromatic N) is 2. The van der Waals surface area contributed by atoms with Crippen molar-refractivity contribution in [2.24, 2.45) is 10.9 Å². The van der Waals surface area contributed by atoms with Crippen molar-refractivity contribution in [1.82, 2.24) is 0 Å². The minimum absolute atomic E-state index is 0.0149. The van der Waals surface area contributed by atoms with E-state index in [1.54, 1.807) is 13.8 Å². The van der Waals surface area contributed by atoms with Gasteiger partial charge in [-0.3, -0.25) is 19.9 Å². The zero-order chi connectivity index (χ0) is 14.9. The van der Waals surface area contributed by atoms with E-state index >= 15 is 0 Å². The molecule has 6 heteroatoms. The lowest BCUT2D eigenvalue weighted by molar-refractivity contribution is -0.384. The molecule has 0 aliphatic heterocycles. The molecule has 1 aromatic carbocycles. The van der Waals surface area contributed by atoms with Gasteiger partial charge in [0.1, 0.15) is 5.76 Å². The van der Waals surface area contributed by atoms with Crippen LogP contribution in [0.4, 0.5) is 11.4 Å². The summed E-state index contributed by atoms with van der Waals surface area (Å²) in [5.41, 5.74) is 1.31. The third-order valence-corrected chi connectivity index (χ3v) is 3.24. The summed E-state index contributed by atoms with van der Waals surface area (Å²) in [5, 5.41) is 20.3. The normalized spacial score (nSPS) is 19.9. The maximum Gasteiger partial charge on any atom is 0.269 e. The molecule has 0 saturated heterocycles. The molecule has 0 spiro atoms. The van der Waals surface area contributed by atoms with Gasteiger partial charge in [0, 0.05) is 18.6 Å². The second-order valence-corrected chi connectivity index (χ2v) is 4.53. The smallest absolute Gasteiger partial charge is 0.269 e. The molecule has 0 bridgehead atoms. The number of hydrogen-bond donors (Lipinski definition) is 1. The van der Waals surface area contributed by atoms with Crippen molar-refractivity contribution in [2.45, 2.75) is 20.3 Å². The molecular formula is C14H14N2O4. The number of hydrogen-bond acceptors (Lipinski definition) is 5. The first-order chi connectivity index (χ1) is 9.45. The monoisotopic (exact) mass is 274 g/mol. The third-order valence-electron chi connectivity index (χ3n) is 3.24. The van der Waals surface area contributed by atoms with Crippen LogP contribution in [0.1, 0.15) is 20.3 Å². The quantitative estimate of drug-likeness (QED) is 0.674. The molecule has 0 fully saturated rings. The van der Waals surface area contributed by atoms with Crippen LogP contribution in [0, 0.1) is 16.0 Å². The number of Topliss-reactive ketones (excluding diaryl/α,β-unsaturated/α-hetero) is 1. The number of aliphatic hydroxyl groups is 1. The van der Waals surface area contributed by atoms with Crippen molar-refractivity contribution < 1.29 is 14.8 Å². The van der Waals surface area contributed by atoms with E-state index in [0.717, 1.165) is 0 Å². The molecule has 0 amide bonds. The van der Waals surface area contributed by atoms with E-state index in [9.17, 15) is 20.0 Å². The van der Waals surface area contributed by atoms with Gasteiger partial charge in [-0.1, -0.05) is 6.92 Å². The van der Waals surface area contributed by atoms with Crippen LogP contribution < -0.4 is 0 Å². The highest BCUT2D eigenvalue weighted by Crippen LogP contribution is 2.33. The number of non-ortho nitro benzene ring substituents is 1. The van der Waals surface area contributed by atoms with E-state index < -0.39 is 4.92 Å². The highest BCUT2D eigenvalue weighted by molar-refractivity contribution is 6.29. The molecule has 0 radical (unpaired) electrons. The third kappa shape index (κ3) is 2.32. The fourth-order valence-electron chi connectivity index (χ4n) is 2.02. The molecule has 1 aliphatic carbocycles. The molecule has 0 aromatic heterocycles. The Labute approximate surface area is 115 Å². The first-order valence-corrected chi connectivity index (χ1v) is 6.25. The van der Waals surface area contributed by atoms with Gasteiger partial charge in [0.2, 0.25) is 0 Å². The van der Waals surface area contributed by atoms with Crippen LogP contribution in [-0.4, -0.2) is 21.5 Å². The predicted octanol–water partition coefficient (Wildman–Crippen LogP) is 3.11. The molecule has 2 rings (SSSR count). The maximum absolute atomic E-state index is 11.7. The predicted molar refractivity (Wildman–Crippen MR) is 74.3 cm³/mol. The van der Waals surface area contributed by atoms with Gasteiger partial charge in [0.15, 0.2) is 5.78 Å². The summed E-state index contributed by atoms with van der Waals surface area (Å²) in [4.78, 5) is 26.1. The van der Waals surface area contributed by atoms with E-state index in [1.807, 2.05) is 0 Å². The van der Waals surface area contributed by atoms with Crippen molar-refractivity contribution >= 4 is 22.9 Å². The molecule has 0 heterocycles. The fraction of sp³-hybridized carbons (Fsp3) is 0.286. The van der Waals surface area contributed by atoms with Crippen molar-refractivity contribution in [3.63, 3.8) is 0 Å². The number of ketones is 1. The molecular weight excluding hydrogens is 260 g/mol. The Morgan fingerprint density at radius 1 is 1.40 bits per heavy atom. The van der Waals surface area contributed by atoms with Crippen molar-refractivity contribution in [1.29, 1.82) is 0 Å². The van der Waals surface area contributed by atoms with Gasteiger partial charge >= 0.3 is 0 Å². The van der Waals surface area contributed by atoms with Gasteiger partial charge in [-0.15, -0.1) is 0 Å². The Hall–Kier alpha value is -2.50. The summed E-state index contributed by atoms with van der Waals surface area (Å²) in [6.45, 7) is 3.47. The molecule has 104 valence electrons. The standard InChI is InChI=1S/C14H14N2O4/c1-3-11(17)12-13(8(2)14(12)18)15-9-4-6-10(7-5-9)16(19)20/h4-8,18H,3H2,1-2H3. The molecule has 1 aliphatic rings. The highest BCUT2D eigenvalue weighted by Gasteiger charge is 2.37. The summed E-state index contributed by atoms with van der Waals surface area (Å²) < 4.78 is 0. The van der Waals surface area contributed by atoms with Crippen LogP contribution in [0.3, 0.4) is 0 Å².